The van der Waals surface area contributed by atoms with Gasteiger partial charge >= 0.3 is 5.97 Å². The molecule has 0 saturated heterocycles. The van der Waals surface area contributed by atoms with E-state index in [9.17, 15) is 19.5 Å². The number of unbranched alkanes of at least 4 members (excludes halogenated alkanes) is 1. The Morgan fingerprint density at radius 2 is 1.48 bits per heavy atom. The molecule has 0 saturated carbocycles. The molecule has 0 unspecified atom stereocenters. The van der Waals surface area contributed by atoms with Crippen molar-refractivity contribution < 1.29 is 24.2 Å². The number of nitrogens with one attached hydrogen (secondary N) is 1. The van der Waals surface area contributed by atoms with Gasteiger partial charge in [-0.25, -0.2) is 9.80 Å². The number of ether oxygens (including phenoxy) is 1. The summed E-state index contributed by atoms with van der Waals surface area (Å²) in [5, 5.41) is 12.2. The lowest BCUT2D eigenvalue weighted by atomic mass is 9.80. The Kier molecular flexibility index (Phi) is 9.17. The van der Waals surface area contributed by atoms with Crippen molar-refractivity contribution in [3.05, 3.63) is 65.7 Å². The summed E-state index contributed by atoms with van der Waals surface area (Å²) in [6.45, 7) is 9.23. The third kappa shape index (κ3) is 5.99. The van der Waals surface area contributed by atoms with Gasteiger partial charge in [-0.2, -0.15) is 0 Å². The zero-order valence-corrected chi connectivity index (χ0v) is 20.0. The minimum absolute atomic E-state index is 0.0841. The lowest BCUT2D eigenvalue weighted by Crippen LogP contribution is -2.59. The number of benzene rings is 2. The molecule has 0 radical (unpaired) electrons. The van der Waals surface area contributed by atoms with Gasteiger partial charge in [0, 0.05) is 0 Å². The highest BCUT2D eigenvalue weighted by Crippen LogP contribution is 2.27. The van der Waals surface area contributed by atoms with Gasteiger partial charge in [0.1, 0.15) is 5.60 Å². The number of carbonyl (C=O) groups excluding carboxylic acids is 3. The number of anilines is 1. The van der Waals surface area contributed by atoms with Crippen LogP contribution in [-0.4, -0.2) is 35.1 Å². The van der Waals surface area contributed by atoms with Gasteiger partial charge < -0.3 is 9.84 Å². The molecule has 2 aromatic carbocycles. The number of hydrogen-bond donors (Lipinski definition) is 2. The maximum Gasteiger partial charge on any atom is 0.338 e. The van der Waals surface area contributed by atoms with Gasteiger partial charge in [0.25, 0.3) is 11.8 Å². The van der Waals surface area contributed by atoms with Gasteiger partial charge in [0.2, 0.25) is 0 Å². The summed E-state index contributed by atoms with van der Waals surface area (Å²) in [5.74, 6) is -2.72. The molecule has 0 bridgehead atoms. The van der Waals surface area contributed by atoms with Crippen molar-refractivity contribution in [2.24, 2.45) is 11.8 Å². The van der Waals surface area contributed by atoms with Crippen LogP contribution in [0, 0.1) is 11.8 Å². The first-order valence-electron chi connectivity index (χ1n) is 11.3. The van der Waals surface area contributed by atoms with E-state index in [1.54, 1.807) is 70.2 Å². The van der Waals surface area contributed by atoms with E-state index >= 15 is 0 Å². The normalized spacial score (nSPS) is 11.4. The lowest BCUT2D eigenvalue weighted by Gasteiger charge is -2.36. The van der Waals surface area contributed by atoms with E-state index in [4.69, 9.17) is 4.74 Å². The van der Waals surface area contributed by atoms with Crippen molar-refractivity contribution in [3.63, 3.8) is 0 Å². The fourth-order valence-corrected chi connectivity index (χ4v) is 3.55. The maximum atomic E-state index is 13.6. The number of aliphatic hydroxyl groups is 1. The zero-order valence-electron chi connectivity index (χ0n) is 20.0. The second-order valence-corrected chi connectivity index (χ2v) is 8.59. The van der Waals surface area contributed by atoms with Gasteiger partial charge in [-0.05, 0) is 42.5 Å². The van der Waals surface area contributed by atoms with E-state index < -0.39 is 35.2 Å². The summed E-state index contributed by atoms with van der Waals surface area (Å²) >= 11 is 0. The Morgan fingerprint density at radius 1 is 0.939 bits per heavy atom. The van der Waals surface area contributed by atoms with Crippen LogP contribution in [0.4, 0.5) is 5.69 Å². The zero-order chi connectivity index (χ0) is 24.6. The second kappa shape index (κ2) is 11.6. The molecule has 7 nitrogen and oxygen atoms in total. The Labute approximate surface area is 195 Å². The lowest BCUT2D eigenvalue weighted by molar-refractivity contribution is -0.150. The molecule has 2 amide bonds. The number of nitrogens with zero attached hydrogens (tertiary/aromatic N) is 1. The van der Waals surface area contributed by atoms with Gasteiger partial charge in [-0.3, -0.25) is 15.0 Å². The SMILES string of the molecule is CCCCOC(=O)c1ccccc1C(=O)N(NC(=O)C(O)(C(C)C)C(C)C)c1ccccc1. The van der Waals surface area contributed by atoms with Crippen LogP contribution in [0.1, 0.15) is 68.2 Å². The number of rotatable bonds is 9. The first kappa shape index (κ1) is 26.1. The standard InChI is InChI=1S/C26H34N2O5/c1-6-7-17-33-24(30)22-16-12-11-15-21(22)23(29)28(20-13-9-8-10-14-20)27-25(31)26(32,18(2)3)19(4)5/h8-16,18-19,32H,6-7,17H2,1-5H3,(H,27,31). The maximum absolute atomic E-state index is 13.6. The molecule has 33 heavy (non-hydrogen) atoms. The highest BCUT2D eigenvalue weighted by Gasteiger charge is 2.43. The number of carbonyl (C=O) groups is 3. The summed E-state index contributed by atoms with van der Waals surface area (Å²) in [6, 6.07) is 14.9. The smallest absolute Gasteiger partial charge is 0.338 e. The third-order valence-electron chi connectivity index (χ3n) is 5.66. The summed E-state index contributed by atoms with van der Waals surface area (Å²) in [6.07, 6.45) is 1.59. The van der Waals surface area contributed by atoms with Crippen LogP contribution in [0.2, 0.25) is 0 Å². The van der Waals surface area contributed by atoms with Crippen LogP contribution in [0.3, 0.4) is 0 Å². The Hall–Kier alpha value is -3.19. The molecular weight excluding hydrogens is 420 g/mol. The van der Waals surface area contributed by atoms with Crippen LogP contribution in [0.15, 0.2) is 54.6 Å². The molecule has 2 aromatic rings. The molecule has 178 valence electrons. The number of hydrogen-bond acceptors (Lipinski definition) is 5. The average molecular weight is 455 g/mol. The predicted octanol–water partition coefficient (Wildman–Crippen LogP) is 4.36. The van der Waals surface area contributed by atoms with Gasteiger partial charge in [0.05, 0.1) is 23.4 Å². The number of para-hydroxylation sites is 1. The molecule has 0 spiro atoms. The van der Waals surface area contributed by atoms with Crippen LogP contribution in [0.25, 0.3) is 0 Å². The quantitative estimate of drug-likeness (QED) is 0.333. The van der Waals surface area contributed by atoms with Crippen LogP contribution in [-0.2, 0) is 9.53 Å². The summed E-state index contributed by atoms with van der Waals surface area (Å²) in [5.41, 5.74) is 1.47. The second-order valence-electron chi connectivity index (χ2n) is 8.59. The number of hydrazine groups is 1. The summed E-state index contributed by atoms with van der Waals surface area (Å²) < 4.78 is 5.31. The minimum Gasteiger partial charge on any atom is -0.462 e. The molecule has 0 atom stereocenters. The highest BCUT2D eigenvalue weighted by molar-refractivity contribution is 6.13. The molecule has 0 fully saturated rings. The van der Waals surface area contributed by atoms with Crippen molar-refractivity contribution >= 4 is 23.5 Å². The van der Waals surface area contributed by atoms with Crippen LogP contribution >= 0.6 is 0 Å². The average Bonchev–Trinajstić information content (AvgIpc) is 2.81. The molecule has 0 heterocycles. The topological polar surface area (TPSA) is 95.9 Å². The molecule has 2 rings (SSSR count). The minimum atomic E-state index is -1.70. The summed E-state index contributed by atoms with van der Waals surface area (Å²) in [7, 11) is 0. The van der Waals surface area contributed by atoms with Crippen molar-refractivity contribution in [1.29, 1.82) is 0 Å². The van der Waals surface area contributed by atoms with Gasteiger partial charge in [-0.15, -0.1) is 0 Å². The van der Waals surface area contributed by atoms with E-state index in [1.807, 2.05) is 6.92 Å². The van der Waals surface area contributed by atoms with E-state index in [0.29, 0.717) is 5.69 Å². The van der Waals surface area contributed by atoms with E-state index in [2.05, 4.69) is 5.43 Å². The summed E-state index contributed by atoms with van der Waals surface area (Å²) in [4.78, 5) is 39.5. The molecule has 0 aliphatic rings. The molecule has 2 N–H and O–H groups in total. The fraction of sp³-hybridized carbons (Fsp3) is 0.423. The van der Waals surface area contributed by atoms with Crippen molar-refractivity contribution in [2.75, 3.05) is 11.6 Å². The molecule has 0 aliphatic carbocycles. The largest absolute Gasteiger partial charge is 0.462 e. The van der Waals surface area contributed by atoms with Crippen LogP contribution < -0.4 is 10.4 Å². The fourth-order valence-electron chi connectivity index (χ4n) is 3.55. The first-order chi connectivity index (χ1) is 15.6. The van der Waals surface area contributed by atoms with E-state index in [-0.39, 0.29) is 17.7 Å². The van der Waals surface area contributed by atoms with Gasteiger partial charge in [0.15, 0.2) is 0 Å². The Balaban J connectivity index is 2.46. The third-order valence-corrected chi connectivity index (χ3v) is 5.66. The highest BCUT2D eigenvalue weighted by atomic mass is 16.5. The monoisotopic (exact) mass is 454 g/mol. The van der Waals surface area contributed by atoms with E-state index in [1.165, 1.54) is 12.1 Å². The van der Waals surface area contributed by atoms with E-state index in [0.717, 1.165) is 17.9 Å². The first-order valence-corrected chi connectivity index (χ1v) is 11.3. The van der Waals surface area contributed by atoms with Crippen molar-refractivity contribution in [1.82, 2.24) is 5.43 Å². The number of amides is 2. The number of esters is 1. The molecule has 7 heteroatoms. The Morgan fingerprint density at radius 3 is 2.03 bits per heavy atom. The van der Waals surface area contributed by atoms with Crippen LogP contribution in [0.5, 0.6) is 0 Å². The molecule has 0 aliphatic heterocycles. The van der Waals surface area contributed by atoms with Crippen molar-refractivity contribution in [3.8, 4) is 0 Å². The Bertz CT molecular complexity index is 948. The predicted molar refractivity (Wildman–Crippen MR) is 128 cm³/mol. The molecule has 0 aromatic heterocycles. The van der Waals surface area contributed by atoms with Gasteiger partial charge in [-0.1, -0.05) is 71.4 Å². The molecular formula is C26H34N2O5. The van der Waals surface area contributed by atoms with Crippen molar-refractivity contribution in [2.45, 2.75) is 53.1 Å².